The largest absolute Gasteiger partial charge is 0.361 e. The lowest BCUT2D eigenvalue weighted by molar-refractivity contribution is -0.129. The third-order valence-electron chi connectivity index (χ3n) is 6.31. The predicted molar refractivity (Wildman–Crippen MR) is 152 cm³/mol. The number of nitrogens with one attached hydrogen (secondary N) is 4. The van der Waals surface area contributed by atoms with Gasteiger partial charge in [0.05, 0.1) is 11.7 Å². The smallest absolute Gasteiger partial charge is 0.243 e. The first kappa shape index (κ1) is 28.0. The fraction of sp³-hybridized carbons (Fsp3) is 0.286. The van der Waals surface area contributed by atoms with Crippen LogP contribution in [-0.2, 0) is 20.8 Å². The van der Waals surface area contributed by atoms with E-state index in [-0.39, 0.29) is 18.2 Å². The number of H-pyrrole nitrogens is 1. The van der Waals surface area contributed by atoms with Crippen LogP contribution in [0, 0.1) is 0 Å². The second-order valence-corrected chi connectivity index (χ2v) is 10.1. The van der Waals surface area contributed by atoms with Gasteiger partial charge >= 0.3 is 0 Å². The number of fused-ring (bicyclic) bond motifs is 1. The molecule has 1 atom stereocenters. The van der Waals surface area contributed by atoms with E-state index in [4.69, 9.17) is 10.9 Å². The molecule has 4 aromatic rings. The Morgan fingerprint density at radius 3 is 2.54 bits per heavy atom. The van der Waals surface area contributed by atoms with E-state index in [9.17, 15) is 14.4 Å². The van der Waals surface area contributed by atoms with Crippen molar-refractivity contribution in [2.24, 2.45) is 5.73 Å². The minimum Gasteiger partial charge on any atom is -0.361 e. The van der Waals surface area contributed by atoms with E-state index in [1.165, 1.54) is 11.3 Å². The highest BCUT2D eigenvalue weighted by Crippen LogP contribution is 2.27. The van der Waals surface area contributed by atoms with Gasteiger partial charge in [0.1, 0.15) is 0 Å². The Bertz CT molecular complexity index is 1430. The summed E-state index contributed by atoms with van der Waals surface area (Å²) < 4.78 is 0. The number of aromatic amines is 1. The van der Waals surface area contributed by atoms with Gasteiger partial charge < -0.3 is 21.4 Å². The van der Waals surface area contributed by atoms with Gasteiger partial charge in [-0.15, -0.1) is 11.3 Å². The van der Waals surface area contributed by atoms with E-state index in [0.29, 0.717) is 42.2 Å². The van der Waals surface area contributed by atoms with Gasteiger partial charge in [0.15, 0.2) is 5.13 Å². The number of unbranched alkanes of at least 4 members (excludes halogenated alkanes) is 3. The standard InChI is InChI=1S/C28H32N6O4S/c29-22(15-19-16-30-23-11-6-5-10-21(19)23)27(37)31-20-9-7-8-18(14-20)24-17-39-28(32-24)33-25(35)12-3-1-2-4-13-26(36)34-38/h5-11,14,16-17,22,30,38H,1-4,12-13,15,29H2,(H,31,37)(H,34,36)(H,32,33,35)/t22-/m1/s1. The van der Waals surface area contributed by atoms with E-state index in [1.807, 2.05) is 54.0 Å². The second kappa shape index (κ2) is 13.7. The molecule has 2 heterocycles. The number of hydroxylamine groups is 1. The number of carbonyl (C=O) groups is 3. The third kappa shape index (κ3) is 7.96. The molecule has 7 N–H and O–H groups in total. The fourth-order valence-corrected chi connectivity index (χ4v) is 4.98. The maximum Gasteiger partial charge on any atom is 0.243 e. The van der Waals surface area contributed by atoms with Crippen molar-refractivity contribution in [1.82, 2.24) is 15.4 Å². The van der Waals surface area contributed by atoms with Crippen LogP contribution in [0.5, 0.6) is 0 Å². The van der Waals surface area contributed by atoms with Gasteiger partial charge in [-0.05, 0) is 43.0 Å². The number of amides is 3. The first-order valence-electron chi connectivity index (χ1n) is 12.8. The topological polar surface area (TPSA) is 162 Å². The molecule has 0 aliphatic carbocycles. The van der Waals surface area contributed by atoms with E-state index in [0.717, 1.165) is 34.9 Å². The Morgan fingerprint density at radius 2 is 1.74 bits per heavy atom. The molecule has 4 rings (SSSR count). The molecule has 0 bridgehead atoms. The van der Waals surface area contributed by atoms with Crippen molar-refractivity contribution in [3.05, 3.63) is 65.7 Å². The minimum absolute atomic E-state index is 0.116. The number of hydrogen-bond donors (Lipinski definition) is 6. The number of thiazole rings is 1. The molecule has 11 heteroatoms. The van der Waals surface area contributed by atoms with Crippen LogP contribution in [0.15, 0.2) is 60.1 Å². The maximum absolute atomic E-state index is 12.8. The van der Waals surface area contributed by atoms with Crippen LogP contribution in [0.25, 0.3) is 22.2 Å². The zero-order valence-corrected chi connectivity index (χ0v) is 22.2. The Kier molecular flexibility index (Phi) is 9.79. The number of nitrogens with two attached hydrogens (primary N) is 1. The van der Waals surface area contributed by atoms with Crippen LogP contribution >= 0.6 is 11.3 Å². The number of carbonyl (C=O) groups excluding carboxylic acids is 3. The molecule has 204 valence electrons. The molecule has 3 amide bonds. The maximum atomic E-state index is 12.8. The van der Waals surface area contributed by atoms with Gasteiger partial charge in [-0.1, -0.05) is 43.2 Å². The molecule has 0 unspecified atom stereocenters. The molecule has 0 aliphatic heterocycles. The second-order valence-electron chi connectivity index (χ2n) is 9.28. The molecular formula is C28H32N6O4S. The summed E-state index contributed by atoms with van der Waals surface area (Å²) in [4.78, 5) is 43.8. The molecule has 0 spiro atoms. The lowest BCUT2D eigenvalue weighted by Crippen LogP contribution is -2.37. The van der Waals surface area contributed by atoms with Gasteiger partial charge in [-0.25, -0.2) is 10.5 Å². The van der Waals surface area contributed by atoms with E-state index < -0.39 is 11.9 Å². The van der Waals surface area contributed by atoms with Crippen molar-refractivity contribution in [2.45, 2.75) is 51.0 Å². The molecule has 0 saturated heterocycles. The lowest BCUT2D eigenvalue weighted by Gasteiger charge is -2.12. The number of aromatic nitrogens is 2. The van der Waals surface area contributed by atoms with E-state index >= 15 is 0 Å². The highest BCUT2D eigenvalue weighted by atomic mass is 32.1. The number of hydrogen-bond acceptors (Lipinski definition) is 7. The SMILES string of the molecule is N[C@H](Cc1c[nH]c2ccccc12)C(=O)Nc1cccc(-c2csc(NC(=O)CCCCCCC(=O)NO)n2)c1. The van der Waals surface area contributed by atoms with Crippen LogP contribution in [-0.4, -0.2) is 38.9 Å². The highest BCUT2D eigenvalue weighted by molar-refractivity contribution is 7.14. The van der Waals surface area contributed by atoms with Crippen molar-refractivity contribution < 1.29 is 19.6 Å². The van der Waals surface area contributed by atoms with Crippen molar-refractivity contribution in [1.29, 1.82) is 0 Å². The Balaban J connectivity index is 1.26. The van der Waals surface area contributed by atoms with Crippen LogP contribution in [0.3, 0.4) is 0 Å². The van der Waals surface area contributed by atoms with Crippen LogP contribution in [0.4, 0.5) is 10.8 Å². The summed E-state index contributed by atoms with van der Waals surface area (Å²) in [6, 6.07) is 14.5. The minimum atomic E-state index is -0.714. The van der Waals surface area contributed by atoms with Gasteiger partial charge in [0, 0.05) is 46.6 Å². The van der Waals surface area contributed by atoms with E-state index in [1.54, 1.807) is 11.5 Å². The normalized spacial score (nSPS) is 11.7. The van der Waals surface area contributed by atoms with Gasteiger partial charge in [0.2, 0.25) is 17.7 Å². The molecule has 0 aliphatic rings. The monoisotopic (exact) mass is 548 g/mol. The molecule has 2 aromatic carbocycles. The molecule has 0 fully saturated rings. The molecule has 0 saturated carbocycles. The molecule has 2 aromatic heterocycles. The zero-order chi connectivity index (χ0) is 27.6. The highest BCUT2D eigenvalue weighted by Gasteiger charge is 2.17. The van der Waals surface area contributed by atoms with Crippen LogP contribution < -0.4 is 21.8 Å². The number of nitrogens with zero attached hydrogens (tertiary/aromatic N) is 1. The lowest BCUT2D eigenvalue weighted by atomic mass is 10.0. The zero-order valence-electron chi connectivity index (χ0n) is 21.4. The average Bonchev–Trinajstić information content (AvgIpc) is 3.58. The number of rotatable bonds is 13. The van der Waals surface area contributed by atoms with Gasteiger partial charge in [-0.2, -0.15) is 0 Å². The molecule has 0 radical (unpaired) electrons. The van der Waals surface area contributed by atoms with Crippen molar-refractivity contribution in [2.75, 3.05) is 10.6 Å². The summed E-state index contributed by atoms with van der Waals surface area (Å²) in [5.74, 6) is -0.792. The molecule has 39 heavy (non-hydrogen) atoms. The predicted octanol–water partition coefficient (Wildman–Crippen LogP) is 4.58. The first-order valence-corrected chi connectivity index (χ1v) is 13.7. The van der Waals surface area contributed by atoms with E-state index in [2.05, 4.69) is 20.6 Å². The Hall–Kier alpha value is -4.06. The number of benzene rings is 2. The van der Waals surface area contributed by atoms with Crippen LogP contribution in [0.1, 0.15) is 44.1 Å². The quantitative estimate of drug-likeness (QED) is 0.0814. The average molecular weight is 549 g/mol. The summed E-state index contributed by atoms with van der Waals surface area (Å²) in [7, 11) is 0. The third-order valence-corrected chi connectivity index (χ3v) is 7.07. The Morgan fingerprint density at radius 1 is 0.974 bits per heavy atom. The van der Waals surface area contributed by atoms with Crippen molar-refractivity contribution in [3.63, 3.8) is 0 Å². The number of anilines is 2. The first-order chi connectivity index (χ1) is 18.9. The fourth-order valence-electron chi connectivity index (χ4n) is 4.25. The summed E-state index contributed by atoms with van der Waals surface area (Å²) in [5.41, 5.74) is 11.9. The number of para-hydroxylation sites is 1. The summed E-state index contributed by atoms with van der Waals surface area (Å²) in [6.07, 6.45) is 5.93. The summed E-state index contributed by atoms with van der Waals surface area (Å²) >= 11 is 1.33. The van der Waals surface area contributed by atoms with Crippen molar-refractivity contribution in [3.8, 4) is 11.3 Å². The summed E-state index contributed by atoms with van der Waals surface area (Å²) in [6.45, 7) is 0. The summed E-state index contributed by atoms with van der Waals surface area (Å²) in [5, 5.41) is 17.6. The Labute approximate surface area is 230 Å². The van der Waals surface area contributed by atoms with Gasteiger partial charge in [-0.3, -0.25) is 19.6 Å². The molecular weight excluding hydrogens is 516 g/mol. The van der Waals surface area contributed by atoms with Crippen molar-refractivity contribution >= 4 is 50.8 Å². The van der Waals surface area contributed by atoms with Gasteiger partial charge in [0.25, 0.3) is 0 Å². The molecule has 10 nitrogen and oxygen atoms in total. The van der Waals surface area contributed by atoms with Crippen LogP contribution in [0.2, 0.25) is 0 Å².